The van der Waals surface area contributed by atoms with Gasteiger partial charge in [0.1, 0.15) is 17.9 Å². The van der Waals surface area contributed by atoms with Gasteiger partial charge in [0.05, 0.1) is 20.1 Å². The third-order valence-corrected chi connectivity index (χ3v) is 9.50. The van der Waals surface area contributed by atoms with Crippen molar-refractivity contribution in [3.05, 3.63) is 65.7 Å². The van der Waals surface area contributed by atoms with Crippen LogP contribution in [0, 0.1) is 5.92 Å². The summed E-state index contributed by atoms with van der Waals surface area (Å²) < 4.78 is 13.1. The molecule has 2 fully saturated rings. The number of aryl methyl sites for hydroxylation is 1. The number of piperidine rings is 1. The maximum atomic E-state index is 13.1. The number of likely N-dealkylation sites (tertiary alicyclic amines) is 1. The topological polar surface area (TPSA) is 64.6 Å². The number of benzene rings is 2. The number of rotatable bonds is 12. The Balaban J connectivity index is 1.48. The number of carbonyl (C=O) groups excluding carboxylic acids is 2. The first-order chi connectivity index (χ1) is 19.6. The zero-order valence-corrected chi connectivity index (χ0v) is 25.9. The summed E-state index contributed by atoms with van der Waals surface area (Å²) >= 11 is 0. The number of hydrogen-bond acceptors (Lipinski definition) is 4. The van der Waals surface area contributed by atoms with Crippen molar-refractivity contribution in [1.29, 1.82) is 0 Å². The Morgan fingerprint density at radius 1 is 1.05 bits per heavy atom. The molecule has 1 aliphatic carbocycles. The Hall–Kier alpha value is -2.70. The summed E-state index contributed by atoms with van der Waals surface area (Å²) in [5.74, 6) is 0.998. The summed E-state index contributed by atoms with van der Waals surface area (Å²) in [6, 6.07) is 18.7. The van der Waals surface area contributed by atoms with Crippen LogP contribution in [0.4, 0.5) is 0 Å². The molecule has 0 radical (unpaired) electrons. The second-order valence-corrected chi connectivity index (χ2v) is 13.3. The van der Waals surface area contributed by atoms with Crippen molar-refractivity contribution in [3.63, 3.8) is 0 Å². The SMILES string of the molecule is COC12CC[C@H](NC(=O)CCCCCc3ccccc3)C[C@@]1(c1cccc(OC(C)=O)c1)CC[N@@+](C)(CC(C)C)C2. The molecule has 1 heterocycles. The van der Waals surface area contributed by atoms with Crippen molar-refractivity contribution >= 4 is 11.9 Å². The Morgan fingerprint density at radius 2 is 1.83 bits per heavy atom. The van der Waals surface area contributed by atoms with E-state index < -0.39 is 0 Å². The van der Waals surface area contributed by atoms with E-state index in [1.807, 2.05) is 31.4 Å². The van der Waals surface area contributed by atoms with Crippen LogP contribution >= 0.6 is 0 Å². The van der Waals surface area contributed by atoms with Crippen LogP contribution < -0.4 is 10.1 Å². The zero-order valence-electron chi connectivity index (χ0n) is 25.9. The first-order valence-electron chi connectivity index (χ1n) is 15.6. The molecule has 0 spiro atoms. The number of fused-ring (bicyclic) bond motifs is 1. The molecule has 2 aromatic rings. The van der Waals surface area contributed by atoms with Gasteiger partial charge in [0.25, 0.3) is 0 Å². The highest BCUT2D eigenvalue weighted by Gasteiger charge is 2.62. The number of amides is 1. The zero-order chi connectivity index (χ0) is 29.5. The summed E-state index contributed by atoms with van der Waals surface area (Å²) in [5, 5.41) is 3.41. The van der Waals surface area contributed by atoms with Crippen molar-refractivity contribution in [1.82, 2.24) is 5.32 Å². The molecule has 1 saturated heterocycles. The minimum absolute atomic E-state index is 0.0921. The smallest absolute Gasteiger partial charge is 0.308 e. The lowest BCUT2D eigenvalue weighted by molar-refractivity contribution is -0.926. The lowest BCUT2D eigenvalue weighted by atomic mass is 9.54. The van der Waals surface area contributed by atoms with Crippen molar-refractivity contribution < 1.29 is 23.5 Å². The molecule has 1 aliphatic heterocycles. The third-order valence-electron chi connectivity index (χ3n) is 9.50. The van der Waals surface area contributed by atoms with E-state index in [9.17, 15) is 9.59 Å². The van der Waals surface area contributed by atoms with Crippen molar-refractivity contribution in [2.45, 2.75) is 95.6 Å². The number of nitrogens with zero attached hydrogens (tertiary/aromatic N) is 1. The normalized spacial score (nSPS) is 27.7. The van der Waals surface area contributed by atoms with Crippen LogP contribution in [0.2, 0.25) is 0 Å². The predicted molar refractivity (Wildman–Crippen MR) is 164 cm³/mol. The average Bonchev–Trinajstić information content (AvgIpc) is 2.93. The summed E-state index contributed by atoms with van der Waals surface area (Å²) in [6.45, 7) is 9.11. The number of likely N-dealkylation sites (N-methyl/N-ethyl adjacent to an activating group) is 1. The molecule has 224 valence electrons. The van der Waals surface area contributed by atoms with E-state index in [4.69, 9.17) is 9.47 Å². The van der Waals surface area contributed by atoms with Gasteiger partial charge in [0, 0.05) is 44.2 Å². The molecule has 4 atom stereocenters. The Kier molecular flexibility index (Phi) is 10.3. The van der Waals surface area contributed by atoms with Gasteiger partial charge in [0.15, 0.2) is 0 Å². The van der Waals surface area contributed by atoms with E-state index in [1.54, 1.807) is 0 Å². The first-order valence-corrected chi connectivity index (χ1v) is 15.6. The second kappa shape index (κ2) is 13.5. The molecule has 1 saturated carbocycles. The number of carbonyl (C=O) groups is 2. The van der Waals surface area contributed by atoms with Crippen LogP contribution in [0.15, 0.2) is 54.6 Å². The summed E-state index contributed by atoms with van der Waals surface area (Å²) in [7, 11) is 4.23. The number of quaternary nitrogens is 1. The van der Waals surface area contributed by atoms with Gasteiger partial charge >= 0.3 is 5.97 Å². The number of nitrogens with one attached hydrogen (secondary N) is 1. The monoisotopic (exact) mass is 563 g/mol. The van der Waals surface area contributed by atoms with Crippen molar-refractivity contribution in [2.24, 2.45) is 5.92 Å². The third kappa shape index (κ3) is 7.58. The van der Waals surface area contributed by atoms with E-state index in [0.717, 1.165) is 81.0 Å². The number of methoxy groups -OCH3 is 1. The number of ether oxygens (including phenoxy) is 2. The highest BCUT2D eigenvalue weighted by atomic mass is 16.5. The van der Waals surface area contributed by atoms with Crippen LogP contribution in [0.1, 0.15) is 83.3 Å². The lowest BCUT2D eigenvalue weighted by Crippen LogP contribution is -2.72. The summed E-state index contributed by atoms with van der Waals surface area (Å²) in [5.41, 5.74) is 1.87. The first kappa shape index (κ1) is 31.2. The van der Waals surface area contributed by atoms with Gasteiger partial charge in [-0.05, 0) is 61.8 Å². The maximum absolute atomic E-state index is 13.1. The molecule has 2 aliphatic rings. The fraction of sp³-hybridized carbons (Fsp3) is 0.600. The molecule has 1 unspecified atom stereocenters. The minimum Gasteiger partial charge on any atom is -0.427 e. The van der Waals surface area contributed by atoms with Crippen molar-refractivity contribution in [3.8, 4) is 5.75 Å². The molecular weight excluding hydrogens is 512 g/mol. The van der Waals surface area contributed by atoms with Gasteiger partial charge in [-0.15, -0.1) is 0 Å². The fourth-order valence-corrected chi connectivity index (χ4v) is 7.88. The molecule has 0 bridgehead atoms. The molecular formula is C35H51N2O4+. The number of hydrogen-bond donors (Lipinski definition) is 1. The lowest BCUT2D eigenvalue weighted by Gasteiger charge is -2.61. The van der Waals surface area contributed by atoms with Gasteiger partial charge in [-0.3, -0.25) is 9.59 Å². The van der Waals surface area contributed by atoms with Gasteiger partial charge in [-0.25, -0.2) is 0 Å². The van der Waals surface area contributed by atoms with Crippen molar-refractivity contribution in [2.75, 3.05) is 33.8 Å². The van der Waals surface area contributed by atoms with Gasteiger partial charge < -0.3 is 19.3 Å². The van der Waals surface area contributed by atoms with E-state index in [0.29, 0.717) is 18.1 Å². The molecule has 1 amide bonds. The van der Waals surface area contributed by atoms with Gasteiger partial charge in [-0.2, -0.15) is 0 Å². The summed E-state index contributed by atoms with van der Waals surface area (Å²) in [6.07, 6.45) is 8.27. The van der Waals surface area contributed by atoms with E-state index >= 15 is 0 Å². The van der Waals surface area contributed by atoms with Crippen LogP contribution in [0.5, 0.6) is 5.75 Å². The Morgan fingerprint density at radius 3 is 2.54 bits per heavy atom. The van der Waals surface area contributed by atoms with E-state index in [-0.39, 0.29) is 28.9 Å². The van der Waals surface area contributed by atoms with Crippen LogP contribution in [0.3, 0.4) is 0 Å². The highest BCUT2D eigenvalue weighted by Crippen LogP contribution is 2.55. The van der Waals surface area contributed by atoms with Gasteiger partial charge in [-0.1, -0.05) is 62.7 Å². The predicted octanol–water partition coefficient (Wildman–Crippen LogP) is 6.21. The largest absolute Gasteiger partial charge is 0.427 e. The van der Waals surface area contributed by atoms with Gasteiger partial charge in [0.2, 0.25) is 5.91 Å². The molecule has 1 N–H and O–H groups in total. The molecule has 6 heteroatoms. The number of esters is 1. The molecule has 0 aromatic heterocycles. The minimum atomic E-state index is -0.359. The van der Waals surface area contributed by atoms with Crippen LogP contribution in [-0.4, -0.2) is 61.8 Å². The summed E-state index contributed by atoms with van der Waals surface area (Å²) in [4.78, 5) is 24.9. The second-order valence-electron chi connectivity index (χ2n) is 13.3. The molecule has 6 nitrogen and oxygen atoms in total. The fourth-order valence-electron chi connectivity index (χ4n) is 7.88. The van der Waals surface area contributed by atoms with Crippen LogP contribution in [0.25, 0.3) is 0 Å². The molecule has 41 heavy (non-hydrogen) atoms. The molecule has 2 aromatic carbocycles. The molecule has 4 rings (SSSR count). The number of unbranched alkanes of at least 4 members (excludes halogenated alkanes) is 2. The quantitative estimate of drug-likeness (QED) is 0.144. The maximum Gasteiger partial charge on any atom is 0.308 e. The Bertz CT molecular complexity index is 1170. The standard InChI is InChI=1S/C35H50N2O4/c1-27(2)25-37(4)22-21-34(30-16-12-17-32(23-30)41-28(3)38)24-31(19-20-35(34,26-37)40-5)36-33(39)18-11-7-10-15-29-13-8-6-9-14-29/h6,8-9,12-14,16-17,23,27,31H,7,10-11,15,18-22,24-26H2,1-5H3/p+1/t31-,34+,35?,37-/m0/s1. The van der Waals surface area contributed by atoms with E-state index in [1.165, 1.54) is 12.5 Å². The van der Waals surface area contributed by atoms with Crippen LogP contribution in [-0.2, 0) is 26.2 Å². The highest BCUT2D eigenvalue weighted by molar-refractivity contribution is 5.76. The average molecular weight is 564 g/mol. The van der Waals surface area contributed by atoms with E-state index in [2.05, 4.69) is 56.5 Å². The Labute approximate surface area is 247 Å².